The first kappa shape index (κ1) is 14.1. The van der Waals surface area contributed by atoms with Gasteiger partial charge in [-0.3, -0.25) is 9.59 Å². The first-order chi connectivity index (χ1) is 8.45. The van der Waals surface area contributed by atoms with Crippen molar-refractivity contribution in [2.75, 3.05) is 6.54 Å². The molecule has 0 radical (unpaired) electrons. The SMILES string of the molecule is CCC(CNC(=O)c1cc(C)nnc1C)C(=O)O. The Morgan fingerprint density at radius 1 is 1.39 bits per heavy atom. The number of nitrogens with zero attached hydrogens (tertiary/aromatic N) is 2. The van der Waals surface area contributed by atoms with Crippen LogP contribution < -0.4 is 5.32 Å². The van der Waals surface area contributed by atoms with Gasteiger partial charge < -0.3 is 10.4 Å². The predicted molar refractivity (Wildman–Crippen MR) is 65.3 cm³/mol. The molecule has 0 aliphatic heterocycles. The molecule has 1 aromatic rings. The number of carbonyl (C=O) groups excluding carboxylic acids is 1. The molecule has 0 aliphatic rings. The lowest BCUT2D eigenvalue weighted by Crippen LogP contribution is -2.33. The molecule has 0 saturated heterocycles. The highest BCUT2D eigenvalue weighted by molar-refractivity contribution is 5.95. The van der Waals surface area contributed by atoms with E-state index < -0.39 is 11.9 Å². The summed E-state index contributed by atoms with van der Waals surface area (Å²) >= 11 is 0. The highest BCUT2D eigenvalue weighted by atomic mass is 16.4. The molecule has 1 rings (SSSR count). The van der Waals surface area contributed by atoms with Crippen molar-refractivity contribution in [3.05, 3.63) is 23.0 Å². The zero-order valence-electron chi connectivity index (χ0n) is 10.7. The fraction of sp³-hybridized carbons (Fsp3) is 0.500. The van der Waals surface area contributed by atoms with Crippen molar-refractivity contribution < 1.29 is 14.7 Å². The van der Waals surface area contributed by atoms with Gasteiger partial charge in [0.2, 0.25) is 0 Å². The van der Waals surface area contributed by atoms with Crippen molar-refractivity contribution >= 4 is 11.9 Å². The predicted octanol–water partition coefficient (Wildman–Crippen LogP) is 0.934. The minimum absolute atomic E-state index is 0.117. The lowest BCUT2D eigenvalue weighted by atomic mass is 10.1. The van der Waals surface area contributed by atoms with Gasteiger partial charge in [-0.2, -0.15) is 10.2 Å². The number of rotatable bonds is 5. The molecule has 1 atom stereocenters. The van der Waals surface area contributed by atoms with Crippen molar-refractivity contribution in [2.24, 2.45) is 5.92 Å². The molecule has 1 unspecified atom stereocenters. The minimum atomic E-state index is -0.904. The summed E-state index contributed by atoms with van der Waals surface area (Å²) in [6.45, 7) is 5.32. The van der Waals surface area contributed by atoms with Gasteiger partial charge in [0.25, 0.3) is 5.91 Å². The Hall–Kier alpha value is -1.98. The molecule has 6 nitrogen and oxygen atoms in total. The van der Waals surface area contributed by atoms with Crippen LogP contribution in [0.1, 0.15) is 35.1 Å². The van der Waals surface area contributed by atoms with E-state index in [4.69, 9.17) is 5.11 Å². The van der Waals surface area contributed by atoms with E-state index in [1.807, 2.05) is 0 Å². The van der Waals surface area contributed by atoms with Crippen molar-refractivity contribution in [3.8, 4) is 0 Å². The first-order valence-electron chi connectivity index (χ1n) is 5.77. The highest BCUT2D eigenvalue weighted by Gasteiger charge is 2.17. The Labute approximate surface area is 105 Å². The first-order valence-corrected chi connectivity index (χ1v) is 5.77. The number of carbonyl (C=O) groups is 2. The summed E-state index contributed by atoms with van der Waals surface area (Å²) in [5, 5.41) is 19.2. The van der Waals surface area contributed by atoms with E-state index in [-0.39, 0.29) is 12.5 Å². The second-order valence-corrected chi connectivity index (χ2v) is 4.14. The molecule has 2 N–H and O–H groups in total. The molecule has 18 heavy (non-hydrogen) atoms. The molecule has 6 heteroatoms. The molecule has 0 fully saturated rings. The van der Waals surface area contributed by atoms with Gasteiger partial charge >= 0.3 is 5.97 Å². The normalized spacial score (nSPS) is 11.9. The average Bonchev–Trinajstić information content (AvgIpc) is 2.32. The standard InChI is InChI=1S/C12H17N3O3/c1-4-9(12(17)18)6-13-11(16)10-5-7(2)14-15-8(10)3/h5,9H,4,6H2,1-3H3,(H,13,16)(H,17,18). The lowest BCUT2D eigenvalue weighted by Gasteiger charge is -2.11. The van der Waals surface area contributed by atoms with E-state index in [1.54, 1.807) is 26.8 Å². The number of aromatic nitrogens is 2. The zero-order chi connectivity index (χ0) is 13.7. The summed E-state index contributed by atoms with van der Waals surface area (Å²) in [7, 11) is 0. The summed E-state index contributed by atoms with van der Waals surface area (Å²) < 4.78 is 0. The molecular weight excluding hydrogens is 234 g/mol. The molecular formula is C12H17N3O3. The van der Waals surface area contributed by atoms with Gasteiger partial charge in [0, 0.05) is 6.54 Å². The number of nitrogens with one attached hydrogen (secondary N) is 1. The third kappa shape index (κ3) is 3.51. The molecule has 0 aromatic carbocycles. The number of amides is 1. The van der Waals surface area contributed by atoms with Crippen molar-refractivity contribution in [2.45, 2.75) is 27.2 Å². The largest absolute Gasteiger partial charge is 0.481 e. The van der Waals surface area contributed by atoms with Crippen LogP contribution in [0.3, 0.4) is 0 Å². The Kier molecular flexibility index (Phi) is 4.76. The number of hydrogen-bond donors (Lipinski definition) is 2. The van der Waals surface area contributed by atoms with Gasteiger partial charge in [-0.15, -0.1) is 0 Å². The minimum Gasteiger partial charge on any atom is -0.481 e. The van der Waals surface area contributed by atoms with Gasteiger partial charge in [-0.25, -0.2) is 0 Å². The average molecular weight is 251 g/mol. The maximum Gasteiger partial charge on any atom is 0.308 e. The number of aryl methyl sites for hydroxylation is 2. The van der Waals surface area contributed by atoms with Crippen LogP contribution >= 0.6 is 0 Å². The van der Waals surface area contributed by atoms with E-state index in [2.05, 4.69) is 15.5 Å². The second kappa shape index (κ2) is 6.09. The van der Waals surface area contributed by atoms with Gasteiger partial charge in [0.1, 0.15) is 0 Å². The third-order valence-corrected chi connectivity index (χ3v) is 2.70. The topological polar surface area (TPSA) is 92.2 Å². The van der Waals surface area contributed by atoms with E-state index in [1.165, 1.54) is 0 Å². The van der Waals surface area contributed by atoms with Gasteiger partial charge in [-0.1, -0.05) is 6.92 Å². The maximum absolute atomic E-state index is 11.9. The molecule has 1 amide bonds. The van der Waals surface area contributed by atoms with Gasteiger partial charge in [0.15, 0.2) is 0 Å². The molecule has 0 saturated carbocycles. The Balaban J connectivity index is 2.71. The fourth-order valence-electron chi connectivity index (χ4n) is 1.50. The molecule has 0 spiro atoms. The Bertz CT molecular complexity index is 460. The zero-order valence-corrected chi connectivity index (χ0v) is 10.7. The second-order valence-electron chi connectivity index (χ2n) is 4.14. The van der Waals surface area contributed by atoms with Crippen LogP contribution in [0, 0.1) is 19.8 Å². The van der Waals surface area contributed by atoms with E-state index in [0.29, 0.717) is 23.4 Å². The molecule has 98 valence electrons. The van der Waals surface area contributed by atoms with Crippen LogP contribution in [0.5, 0.6) is 0 Å². The maximum atomic E-state index is 11.9. The summed E-state index contributed by atoms with van der Waals surface area (Å²) in [6.07, 6.45) is 0.474. The molecule has 0 aliphatic carbocycles. The Morgan fingerprint density at radius 3 is 2.61 bits per heavy atom. The van der Waals surface area contributed by atoms with E-state index in [0.717, 1.165) is 0 Å². The quantitative estimate of drug-likeness (QED) is 0.812. The van der Waals surface area contributed by atoms with Gasteiger partial charge in [0.05, 0.1) is 22.9 Å². The highest BCUT2D eigenvalue weighted by Crippen LogP contribution is 2.06. The van der Waals surface area contributed by atoms with Crippen LogP contribution in [0.15, 0.2) is 6.07 Å². The molecule has 1 aromatic heterocycles. The summed E-state index contributed by atoms with van der Waals surface area (Å²) in [6, 6.07) is 1.64. The summed E-state index contributed by atoms with van der Waals surface area (Å²) in [5.41, 5.74) is 1.61. The van der Waals surface area contributed by atoms with Crippen LogP contribution in [-0.2, 0) is 4.79 Å². The lowest BCUT2D eigenvalue weighted by molar-refractivity contribution is -0.141. The Morgan fingerprint density at radius 2 is 2.06 bits per heavy atom. The fourth-order valence-corrected chi connectivity index (χ4v) is 1.50. The van der Waals surface area contributed by atoms with Gasteiger partial charge in [-0.05, 0) is 26.3 Å². The summed E-state index contributed by atoms with van der Waals surface area (Å²) in [5.74, 6) is -1.78. The number of hydrogen-bond acceptors (Lipinski definition) is 4. The van der Waals surface area contributed by atoms with Crippen molar-refractivity contribution in [3.63, 3.8) is 0 Å². The monoisotopic (exact) mass is 251 g/mol. The third-order valence-electron chi connectivity index (χ3n) is 2.70. The van der Waals surface area contributed by atoms with Crippen LogP contribution in [-0.4, -0.2) is 33.7 Å². The van der Waals surface area contributed by atoms with Crippen molar-refractivity contribution in [1.82, 2.24) is 15.5 Å². The van der Waals surface area contributed by atoms with E-state index in [9.17, 15) is 9.59 Å². The van der Waals surface area contributed by atoms with Crippen LogP contribution in [0.4, 0.5) is 0 Å². The number of carboxylic acids is 1. The number of aliphatic carboxylic acids is 1. The molecule has 0 bridgehead atoms. The summed E-state index contributed by atoms with van der Waals surface area (Å²) in [4.78, 5) is 22.7. The van der Waals surface area contributed by atoms with Crippen LogP contribution in [0.25, 0.3) is 0 Å². The van der Waals surface area contributed by atoms with Crippen LogP contribution in [0.2, 0.25) is 0 Å². The van der Waals surface area contributed by atoms with E-state index >= 15 is 0 Å². The smallest absolute Gasteiger partial charge is 0.308 e. The molecule has 1 heterocycles. The number of carboxylic acid groups (broad SMARTS) is 1. The van der Waals surface area contributed by atoms with Crippen molar-refractivity contribution in [1.29, 1.82) is 0 Å².